The molecule has 0 bridgehead atoms. The molecule has 1 aliphatic heterocycles. The number of nitro benzene ring substituents is 1. The van der Waals surface area contributed by atoms with E-state index in [1.807, 2.05) is 6.92 Å². The summed E-state index contributed by atoms with van der Waals surface area (Å²) in [6, 6.07) is 18.6. The van der Waals surface area contributed by atoms with Gasteiger partial charge in [-0.1, -0.05) is 48.0 Å². The van der Waals surface area contributed by atoms with E-state index in [-0.39, 0.29) is 21.2 Å². The van der Waals surface area contributed by atoms with Crippen LogP contribution in [0.1, 0.15) is 24.1 Å². The lowest BCUT2D eigenvalue weighted by Crippen LogP contribution is -2.25. The van der Waals surface area contributed by atoms with Gasteiger partial charge in [0.15, 0.2) is 0 Å². The number of rotatable bonds is 8. The van der Waals surface area contributed by atoms with Crippen molar-refractivity contribution in [1.29, 1.82) is 0 Å². The maximum absolute atomic E-state index is 13.5. The lowest BCUT2D eigenvalue weighted by Gasteiger charge is -2.15. The number of non-ortho nitro benzene ring substituents is 1. The van der Waals surface area contributed by atoms with Crippen molar-refractivity contribution in [3.63, 3.8) is 0 Å². The number of aryl methyl sites for hydroxylation is 1. The summed E-state index contributed by atoms with van der Waals surface area (Å²) in [5, 5.41) is 15.2. The Morgan fingerprint density at radius 2 is 1.47 bits per heavy atom. The van der Waals surface area contributed by atoms with Gasteiger partial charge in [-0.2, -0.15) is 22.2 Å². The molecular formula is C24H24N4O6S2. The molecule has 10 nitrogen and oxygen atoms in total. The molecule has 1 heterocycles. The quantitative estimate of drug-likeness (QED) is 0.190. The smallest absolute Gasteiger partial charge is 0.258 e. The number of nitrogens with zero attached hydrogens (tertiary/aromatic N) is 4. The van der Waals surface area contributed by atoms with Gasteiger partial charge < -0.3 is 0 Å². The zero-order valence-corrected chi connectivity index (χ0v) is 21.3. The van der Waals surface area contributed by atoms with Gasteiger partial charge in [0.05, 0.1) is 32.5 Å². The number of benzene rings is 3. The fraction of sp³-hybridized carbons (Fsp3) is 0.208. The van der Waals surface area contributed by atoms with Gasteiger partial charge in [0.1, 0.15) is 0 Å². The van der Waals surface area contributed by atoms with E-state index in [2.05, 4.69) is 5.10 Å². The molecule has 4 rings (SSSR count). The zero-order valence-electron chi connectivity index (χ0n) is 19.7. The standard InChI is InChI=1S/C24H24N4O6S2/c1-17-9-13-21(14-10-17)35(31,32)26(3)25-18(2)23-24(19-7-5-4-6-8-19)27(23)36(33,34)22-15-11-20(12-16-22)28(29)30/h4-16,23-24H,1-3H3/b25-18+/t23-,24-,27?/m1/s1. The third kappa shape index (κ3) is 4.74. The summed E-state index contributed by atoms with van der Waals surface area (Å²) in [6.07, 6.45) is 0. The molecule has 0 N–H and O–H groups in total. The average Bonchev–Trinajstić information content (AvgIpc) is 3.62. The summed E-state index contributed by atoms with van der Waals surface area (Å²) in [6.45, 7) is 3.42. The maximum Gasteiger partial charge on any atom is 0.278 e. The Morgan fingerprint density at radius 1 is 0.917 bits per heavy atom. The van der Waals surface area contributed by atoms with Crippen molar-refractivity contribution in [2.24, 2.45) is 5.10 Å². The zero-order chi connectivity index (χ0) is 26.3. The summed E-state index contributed by atoms with van der Waals surface area (Å²) >= 11 is 0. The fourth-order valence-electron chi connectivity index (χ4n) is 3.96. The number of hydrazone groups is 1. The summed E-state index contributed by atoms with van der Waals surface area (Å²) < 4.78 is 55.0. The molecule has 0 spiro atoms. The third-order valence-corrected chi connectivity index (χ3v) is 9.44. The highest BCUT2D eigenvalue weighted by molar-refractivity contribution is 7.89. The minimum atomic E-state index is -4.07. The summed E-state index contributed by atoms with van der Waals surface area (Å²) in [7, 11) is -6.71. The second kappa shape index (κ2) is 9.45. The van der Waals surface area contributed by atoms with E-state index in [0.717, 1.165) is 22.1 Å². The van der Waals surface area contributed by atoms with Gasteiger partial charge in [0.25, 0.3) is 15.7 Å². The topological polar surface area (TPSA) is 130 Å². The first-order valence-electron chi connectivity index (χ1n) is 10.9. The molecule has 188 valence electrons. The van der Waals surface area contributed by atoms with Gasteiger partial charge >= 0.3 is 0 Å². The van der Waals surface area contributed by atoms with Crippen molar-refractivity contribution in [2.45, 2.75) is 35.7 Å². The molecule has 12 heteroatoms. The van der Waals surface area contributed by atoms with Crippen LogP contribution >= 0.6 is 0 Å². The Bertz CT molecular complexity index is 1520. The van der Waals surface area contributed by atoms with Crippen LogP contribution in [-0.4, -0.2) is 49.3 Å². The summed E-state index contributed by atoms with van der Waals surface area (Å²) in [5.41, 5.74) is 1.68. The monoisotopic (exact) mass is 528 g/mol. The Hall–Kier alpha value is -3.61. The largest absolute Gasteiger partial charge is 0.278 e. The van der Waals surface area contributed by atoms with Crippen LogP contribution in [-0.2, 0) is 20.0 Å². The van der Waals surface area contributed by atoms with Crippen LogP contribution in [0.25, 0.3) is 0 Å². The Balaban J connectivity index is 1.69. The van der Waals surface area contributed by atoms with Gasteiger partial charge in [-0.25, -0.2) is 8.42 Å². The molecule has 0 amide bonds. The first kappa shape index (κ1) is 25.5. The van der Waals surface area contributed by atoms with Crippen LogP contribution in [0, 0.1) is 17.0 Å². The van der Waals surface area contributed by atoms with Crippen molar-refractivity contribution >= 4 is 31.4 Å². The normalized spacial score (nSPS) is 20.1. The molecule has 1 unspecified atom stereocenters. The van der Waals surface area contributed by atoms with Crippen molar-refractivity contribution in [3.8, 4) is 0 Å². The molecule has 3 aromatic rings. The molecule has 0 saturated carbocycles. The molecular weight excluding hydrogens is 504 g/mol. The Kier molecular flexibility index (Phi) is 6.69. The van der Waals surface area contributed by atoms with E-state index in [1.165, 1.54) is 35.6 Å². The van der Waals surface area contributed by atoms with Gasteiger partial charge in [-0.3, -0.25) is 10.1 Å². The van der Waals surface area contributed by atoms with Crippen LogP contribution in [0.4, 0.5) is 5.69 Å². The first-order valence-corrected chi connectivity index (χ1v) is 13.8. The predicted octanol–water partition coefficient (Wildman–Crippen LogP) is 3.71. The molecule has 1 aliphatic rings. The Morgan fingerprint density at radius 3 is 2.03 bits per heavy atom. The van der Waals surface area contributed by atoms with E-state index in [1.54, 1.807) is 49.4 Å². The maximum atomic E-state index is 13.5. The second-order valence-corrected chi connectivity index (χ2v) is 12.2. The minimum absolute atomic E-state index is 0.0675. The lowest BCUT2D eigenvalue weighted by molar-refractivity contribution is -0.384. The van der Waals surface area contributed by atoms with Crippen LogP contribution < -0.4 is 0 Å². The van der Waals surface area contributed by atoms with Crippen molar-refractivity contribution < 1.29 is 21.8 Å². The number of hydrogen-bond acceptors (Lipinski definition) is 7. The molecule has 1 saturated heterocycles. The molecule has 0 aliphatic carbocycles. The number of nitro groups is 1. The van der Waals surface area contributed by atoms with Crippen molar-refractivity contribution in [1.82, 2.24) is 8.72 Å². The molecule has 1 fully saturated rings. The summed E-state index contributed by atoms with van der Waals surface area (Å²) in [4.78, 5) is 10.3. The molecule has 36 heavy (non-hydrogen) atoms. The van der Waals surface area contributed by atoms with Crippen LogP contribution in [0.2, 0.25) is 0 Å². The first-order chi connectivity index (χ1) is 16.9. The lowest BCUT2D eigenvalue weighted by atomic mass is 10.1. The number of hydrogen-bond donors (Lipinski definition) is 0. The van der Waals surface area contributed by atoms with Crippen molar-refractivity contribution in [3.05, 3.63) is 100 Å². The van der Waals surface area contributed by atoms with E-state index in [9.17, 15) is 26.9 Å². The van der Waals surface area contributed by atoms with Crippen molar-refractivity contribution in [2.75, 3.05) is 7.05 Å². The van der Waals surface area contributed by atoms with Gasteiger partial charge in [-0.15, -0.1) is 0 Å². The highest BCUT2D eigenvalue weighted by Crippen LogP contribution is 2.48. The SMILES string of the molecule is C/C(=N\N(C)S(=O)(=O)c1ccc(C)cc1)[C@@H]1[C@@H](c2ccccc2)N1S(=O)(=O)c1ccc([N+](=O)[O-])cc1. The molecule has 0 radical (unpaired) electrons. The fourth-order valence-corrected chi connectivity index (χ4v) is 6.76. The van der Waals surface area contributed by atoms with Crippen LogP contribution in [0.15, 0.2) is 93.8 Å². The predicted molar refractivity (Wildman–Crippen MR) is 134 cm³/mol. The van der Waals surface area contributed by atoms with E-state index in [4.69, 9.17) is 0 Å². The second-order valence-electron chi connectivity index (χ2n) is 8.38. The molecule has 3 atom stereocenters. The van der Waals surface area contributed by atoms with E-state index in [0.29, 0.717) is 5.56 Å². The molecule has 0 aromatic heterocycles. The minimum Gasteiger partial charge on any atom is -0.258 e. The Labute approximate surface area is 209 Å². The van der Waals surface area contributed by atoms with E-state index < -0.39 is 37.1 Å². The van der Waals surface area contributed by atoms with Gasteiger partial charge in [0.2, 0.25) is 10.0 Å². The molecule has 3 aromatic carbocycles. The highest BCUT2D eigenvalue weighted by atomic mass is 32.2. The number of sulfonamides is 2. The average molecular weight is 529 g/mol. The van der Waals surface area contributed by atoms with Crippen LogP contribution in [0.5, 0.6) is 0 Å². The highest BCUT2D eigenvalue weighted by Gasteiger charge is 2.58. The van der Waals surface area contributed by atoms with Gasteiger partial charge in [-0.05, 0) is 43.7 Å². The summed E-state index contributed by atoms with van der Waals surface area (Å²) in [5.74, 6) is 0. The van der Waals surface area contributed by atoms with E-state index >= 15 is 0 Å². The van der Waals surface area contributed by atoms with Gasteiger partial charge in [0, 0.05) is 19.2 Å². The third-order valence-electron chi connectivity index (χ3n) is 5.91. The van der Waals surface area contributed by atoms with Crippen LogP contribution in [0.3, 0.4) is 0 Å².